The van der Waals surface area contributed by atoms with Crippen LogP contribution in [0.1, 0.15) is 26.1 Å². The second-order valence-electron chi connectivity index (χ2n) is 4.10. The Bertz CT molecular complexity index is 396. The number of aromatic nitrogens is 3. The molecule has 7 heteroatoms. The Hall–Kier alpha value is -1.08. The molecule has 0 spiro atoms. The van der Waals surface area contributed by atoms with Gasteiger partial charge in [-0.15, -0.1) is 5.10 Å². The molecular weight excluding hydrogens is 252 g/mol. The predicted molar refractivity (Wildman–Crippen MR) is 70.6 cm³/mol. The first kappa shape index (κ1) is 15.0. The van der Waals surface area contributed by atoms with Gasteiger partial charge in [0.25, 0.3) is 0 Å². The number of esters is 1. The average Bonchev–Trinajstić information content (AvgIpc) is 2.75. The Balaban J connectivity index is 2.46. The van der Waals surface area contributed by atoms with Crippen molar-refractivity contribution in [3.05, 3.63) is 5.82 Å². The number of carbonyl (C=O) groups is 1. The van der Waals surface area contributed by atoms with E-state index < -0.39 is 5.54 Å². The SMILES string of the molecule is CCOC(=O)C(C)(CCSc1n[nH]c(C)n1)NC. The second-order valence-corrected chi connectivity index (χ2v) is 5.17. The van der Waals surface area contributed by atoms with Gasteiger partial charge in [-0.25, -0.2) is 4.98 Å². The van der Waals surface area contributed by atoms with Crippen LogP contribution in [0.2, 0.25) is 0 Å². The Labute approximate surface area is 111 Å². The molecular formula is C11H20N4O2S. The quantitative estimate of drug-likeness (QED) is 0.572. The highest BCUT2D eigenvalue weighted by molar-refractivity contribution is 7.99. The number of ether oxygens (including phenoxy) is 1. The number of rotatable bonds is 7. The van der Waals surface area contributed by atoms with E-state index in [0.29, 0.717) is 18.2 Å². The topological polar surface area (TPSA) is 79.9 Å². The summed E-state index contributed by atoms with van der Waals surface area (Å²) in [5.74, 6) is 1.31. The van der Waals surface area contributed by atoms with Crippen LogP contribution >= 0.6 is 11.8 Å². The lowest BCUT2D eigenvalue weighted by molar-refractivity contribution is -0.150. The third-order valence-electron chi connectivity index (χ3n) is 2.69. The fraction of sp³-hybridized carbons (Fsp3) is 0.727. The van der Waals surface area contributed by atoms with E-state index in [2.05, 4.69) is 20.5 Å². The standard InChI is InChI=1S/C11H20N4O2S/c1-5-17-9(16)11(3,12-4)6-7-18-10-13-8(2)14-15-10/h12H,5-7H2,1-4H3,(H,13,14,15). The number of carbonyl (C=O) groups excluding carboxylic acids is 1. The highest BCUT2D eigenvalue weighted by atomic mass is 32.2. The molecule has 0 saturated heterocycles. The van der Waals surface area contributed by atoms with Gasteiger partial charge in [-0.2, -0.15) is 0 Å². The number of likely N-dealkylation sites (N-methyl/N-ethyl adjacent to an activating group) is 1. The fourth-order valence-electron chi connectivity index (χ4n) is 1.35. The first-order chi connectivity index (χ1) is 8.51. The van der Waals surface area contributed by atoms with E-state index in [9.17, 15) is 4.79 Å². The van der Waals surface area contributed by atoms with E-state index in [1.807, 2.05) is 13.8 Å². The monoisotopic (exact) mass is 272 g/mol. The summed E-state index contributed by atoms with van der Waals surface area (Å²) in [5.41, 5.74) is -0.658. The summed E-state index contributed by atoms with van der Waals surface area (Å²) in [6, 6.07) is 0. The lowest BCUT2D eigenvalue weighted by Gasteiger charge is -2.26. The Morgan fingerprint density at radius 2 is 2.33 bits per heavy atom. The van der Waals surface area contributed by atoms with Gasteiger partial charge in [-0.3, -0.25) is 9.89 Å². The number of hydrogen-bond acceptors (Lipinski definition) is 6. The van der Waals surface area contributed by atoms with Crippen molar-refractivity contribution in [3.63, 3.8) is 0 Å². The van der Waals surface area contributed by atoms with E-state index in [0.717, 1.165) is 11.6 Å². The Morgan fingerprint density at radius 3 is 2.83 bits per heavy atom. The first-order valence-electron chi connectivity index (χ1n) is 5.89. The van der Waals surface area contributed by atoms with Crippen molar-refractivity contribution in [1.29, 1.82) is 0 Å². The number of hydrogen-bond donors (Lipinski definition) is 2. The normalized spacial score (nSPS) is 14.2. The van der Waals surface area contributed by atoms with E-state index in [1.54, 1.807) is 14.0 Å². The van der Waals surface area contributed by atoms with Crippen molar-refractivity contribution in [2.45, 2.75) is 37.9 Å². The molecule has 0 bridgehead atoms. The third-order valence-corrected chi connectivity index (χ3v) is 3.54. The number of nitrogens with one attached hydrogen (secondary N) is 2. The first-order valence-corrected chi connectivity index (χ1v) is 6.88. The van der Waals surface area contributed by atoms with E-state index in [4.69, 9.17) is 4.74 Å². The lowest BCUT2D eigenvalue weighted by atomic mass is 10.00. The number of thioether (sulfide) groups is 1. The van der Waals surface area contributed by atoms with Crippen molar-refractivity contribution in [2.75, 3.05) is 19.4 Å². The lowest BCUT2D eigenvalue weighted by Crippen LogP contribution is -2.49. The summed E-state index contributed by atoms with van der Waals surface area (Å²) in [5, 5.41) is 10.5. The van der Waals surface area contributed by atoms with Gasteiger partial charge in [0.05, 0.1) is 6.61 Å². The average molecular weight is 272 g/mol. The molecule has 1 rings (SSSR count). The van der Waals surface area contributed by atoms with E-state index in [-0.39, 0.29) is 5.97 Å². The molecule has 0 aromatic carbocycles. The van der Waals surface area contributed by atoms with Gasteiger partial charge in [-0.1, -0.05) is 11.8 Å². The maximum Gasteiger partial charge on any atom is 0.326 e. The van der Waals surface area contributed by atoms with Gasteiger partial charge in [-0.05, 0) is 34.2 Å². The number of aryl methyl sites for hydroxylation is 1. The molecule has 0 fully saturated rings. The maximum atomic E-state index is 11.8. The van der Waals surface area contributed by atoms with Crippen molar-refractivity contribution >= 4 is 17.7 Å². The highest BCUT2D eigenvalue weighted by Crippen LogP contribution is 2.19. The summed E-state index contributed by atoms with van der Waals surface area (Å²) >= 11 is 1.52. The molecule has 0 radical (unpaired) electrons. The maximum absolute atomic E-state index is 11.8. The molecule has 0 aliphatic rings. The predicted octanol–water partition coefficient (Wildman–Crippen LogP) is 1.14. The molecule has 1 aromatic rings. The van der Waals surface area contributed by atoms with Crippen LogP contribution in [-0.2, 0) is 9.53 Å². The summed E-state index contributed by atoms with van der Waals surface area (Å²) in [7, 11) is 1.76. The van der Waals surface area contributed by atoms with Crippen LogP contribution in [0.4, 0.5) is 0 Å². The van der Waals surface area contributed by atoms with Crippen LogP contribution in [0.15, 0.2) is 5.16 Å². The molecule has 102 valence electrons. The van der Waals surface area contributed by atoms with E-state index in [1.165, 1.54) is 11.8 Å². The summed E-state index contributed by atoms with van der Waals surface area (Å²) < 4.78 is 5.06. The van der Waals surface area contributed by atoms with Gasteiger partial charge in [0, 0.05) is 5.75 Å². The van der Waals surface area contributed by atoms with Crippen LogP contribution in [0.25, 0.3) is 0 Å². The smallest absolute Gasteiger partial charge is 0.326 e. The zero-order valence-corrected chi connectivity index (χ0v) is 12.1. The van der Waals surface area contributed by atoms with Crippen LogP contribution in [0, 0.1) is 6.92 Å². The highest BCUT2D eigenvalue weighted by Gasteiger charge is 2.32. The van der Waals surface area contributed by atoms with Crippen LogP contribution in [0.3, 0.4) is 0 Å². The van der Waals surface area contributed by atoms with Gasteiger partial charge in [0.1, 0.15) is 11.4 Å². The summed E-state index contributed by atoms with van der Waals surface area (Å²) in [6.45, 7) is 5.89. The van der Waals surface area contributed by atoms with E-state index >= 15 is 0 Å². The molecule has 0 aliphatic heterocycles. The molecule has 1 aromatic heterocycles. The molecule has 1 unspecified atom stereocenters. The molecule has 6 nitrogen and oxygen atoms in total. The fourth-order valence-corrected chi connectivity index (χ4v) is 2.36. The summed E-state index contributed by atoms with van der Waals surface area (Å²) in [6.07, 6.45) is 0.653. The molecule has 1 heterocycles. The zero-order chi connectivity index (χ0) is 13.6. The largest absolute Gasteiger partial charge is 0.465 e. The minimum absolute atomic E-state index is 0.223. The van der Waals surface area contributed by atoms with Crippen molar-refractivity contribution in [2.24, 2.45) is 0 Å². The minimum Gasteiger partial charge on any atom is -0.465 e. The third kappa shape index (κ3) is 3.99. The van der Waals surface area contributed by atoms with Crippen molar-refractivity contribution in [1.82, 2.24) is 20.5 Å². The Kier molecular flexibility index (Phi) is 5.61. The van der Waals surface area contributed by atoms with Gasteiger partial charge in [0.2, 0.25) is 5.16 Å². The number of nitrogens with zero attached hydrogens (tertiary/aromatic N) is 2. The van der Waals surface area contributed by atoms with Gasteiger partial charge < -0.3 is 10.1 Å². The summed E-state index contributed by atoms with van der Waals surface area (Å²) in [4.78, 5) is 16.0. The molecule has 0 aliphatic carbocycles. The van der Waals surface area contributed by atoms with Crippen LogP contribution in [-0.4, -0.2) is 46.1 Å². The molecule has 2 N–H and O–H groups in total. The van der Waals surface area contributed by atoms with Gasteiger partial charge >= 0.3 is 5.97 Å². The molecule has 0 amide bonds. The van der Waals surface area contributed by atoms with Gasteiger partial charge in [0.15, 0.2) is 0 Å². The molecule has 0 saturated carbocycles. The van der Waals surface area contributed by atoms with Crippen molar-refractivity contribution < 1.29 is 9.53 Å². The molecule has 18 heavy (non-hydrogen) atoms. The second kappa shape index (κ2) is 6.75. The Morgan fingerprint density at radius 1 is 1.61 bits per heavy atom. The number of aromatic amines is 1. The minimum atomic E-state index is -0.658. The zero-order valence-electron chi connectivity index (χ0n) is 11.2. The van der Waals surface area contributed by atoms with Crippen molar-refractivity contribution in [3.8, 4) is 0 Å². The number of H-pyrrole nitrogens is 1. The van der Waals surface area contributed by atoms with Crippen LogP contribution in [0.5, 0.6) is 0 Å². The molecule has 1 atom stereocenters. The van der Waals surface area contributed by atoms with Crippen LogP contribution < -0.4 is 5.32 Å².